The predicted octanol–water partition coefficient (Wildman–Crippen LogP) is 2.96. The van der Waals surface area contributed by atoms with Crippen LogP contribution in [-0.4, -0.2) is 18.8 Å². The van der Waals surface area contributed by atoms with Crippen LogP contribution < -0.4 is 10.1 Å². The van der Waals surface area contributed by atoms with Gasteiger partial charge in [-0.1, -0.05) is 6.07 Å². The summed E-state index contributed by atoms with van der Waals surface area (Å²) in [6, 6.07) is 10.8. The number of hydrogen-bond acceptors (Lipinski definition) is 3. The Balaban J connectivity index is 1.89. The molecule has 0 aromatic heterocycles. The number of aryl methyl sites for hydroxylation is 1. The van der Waals surface area contributed by atoms with Crippen molar-refractivity contribution in [3.8, 4) is 5.75 Å². The number of hydrogen-bond donors (Lipinski definition) is 1. The monoisotopic (exact) mass is 287 g/mol. The van der Waals surface area contributed by atoms with Crippen molar-refractivity contribution in [2.75, 3.05) is 11.9 Å². The van der Waals surface area contributed by atoms with Crippen LogP contribution in [0.5, 0.6) is 5.75 Å². The van der Waals surface area contributed by atoms with Gasteiger partial charge >= 0.3 is 0 Å². The third-order valence-electron chi connectivity index (χ3n) is 2.84. The van der Waals surface area contributed by atoms with E-state index in [0.29, 0.717) is 22.6 Å². The normalized spacial score (nSPS) is 10.0. The van der Waals surface area contributed by atoms with Crippen LogP contribution in [0.2, 0.25) is 0 Å². The van der Waals surface area contributed by atoms with Gasteiger partial charge in [0.2, 0.25) is 0 Å². The van der Waals surface area contributed by atoms with E-state index in [4.69, 9.17) is 4.74 Å². The molecule has 0 radical (unpaired) electrons. The topological polar surface area (TPSA) is 55.4 Å². The maximum Gasteiger partial charge on any atom is 0.262 e. The SMILES string of the molecule is Cc1ccc(NC(=O)COc2ccc(C=O)cc2)cc1F. The number of nitrogens with one attached hydrogen (secondary N) is 1. The van der Waals surface area contributed by atoms with Gasteiger partial charge < -0.3 is 10.1 Å². The molecule has 0 aliphatic rings. The average molecular weight is 287 g/mol. The van der Waals surface area contributed by atoms with Crippen LogP contribution in [0, 0.1) is 12.7 Å². The van der Waals surface area contributed by atoms with Crippen molar-refractivity contribution in [2.45, 2.75) is 6.92 Å². The average Bonchev–Trinajstić information content (AvgIpc) is 2.49. The van der Waals surface area contributed by atoms with E-state index in [-0.39, 0.29) is 12.4 Å². The number of carbonyl (C=O) groups is 2. The Bertz CT molecular complexity index is 653. The van der Waals surface area contributed by atoms with Crippen molar-refractivity contribution in [3.63, 3.8) is 0 Å². The molecule has 4 nitrogen and oxygen atoms in total. The fourth-order valence-corrected chi connectivity index (χ4v) is 1.66. The molecule has 0 atom stereocenters. The highest BCUT2D eigenvalue weighted by atomic mass is 19.1. The smallest absolute Gasteiger partial charge is 0.262 e. The second-order valence-corrected chi connectivity index (χ2v) is 4.49. The molecule has 0 bridgehead atoms. The molecule has 2 aromatic rings. The lowest BCUT2D eigenvalue weighted by Crippen LogP contribution is -2.20. The zero-order valence-corrected chi connectivity index (χ0v) is 11.4. The number of carbonyl (C=O) groups excluding carboxylic acids is 2. The van der Waals surface area contributed by atoms with Gasteiger partial charge in [-0.25, -0.2) is 4.39 Å². The van der Waals surface area contributed by atoms with Gasteiger partial charge in [-0.3, -0.25) is 9.59 Å². The molecule has 0 aliphatic carbocycles. The van der Waals surface area contributed by atoms with Crippen LogP contribution in [0.4, 0.5) is 10.1 Å². The van der Waals surface area contributed by atoms with Crippen molar-refractivity contribution < 1.29 is 18.7 Å². The Labute approximate surface area is 121 Å². The molecule has 1 amide bonds. The van der Waals surface area contributed by atoms with Crippen molar-refractivity contribution in [1.82, 2.24) is 0 Å². The van der Waals surface area contributed by atoms with Gasteiger partial charge in [-0.2, -0.15) is 0 Å². The van der Waals surface area contributed by atoms with E-state index < -0.39 is 5.91 Å². The Kier molecular flexibility index (Phi) is 4.66. The van der Waals surface area contributed by atoms with Gasteiger partial charge in [0.25, 0.3) is 5.91 Å². The summed E-state index contributed by atoms with van der Waals surface area (Å²) in [6.07, 6.45) is 0.725. The highest BCUT2D eigenvalue weighted by molar-refractivity contribution is 5.91. The van der Waals surface area contributed by atoms with E-state index in [1.54, 1.807) is 43.3 Å². The Morgan fingerprint density at radius 1 is 1.24 bits per heavy atom. The second kappa shape index (κ2) is 6.65. The van der Waals surface area contributed by atoms with Crippen molar-refractivity contribution in [2.24, 2.45) is 0 Å². The maximum atomic E-state index is 13.3. The molecule has 1 N–H and O–H groups in total. The first-order valence-electron chi connectivity index (χ1n) is 6.32. The van der Waals surface area contributed by atoms with Crippen molar-refractivity contribution >= 4 is 17.9 Å². The van der Waals surface area contributed by atoms with Gasteiger partial charge in [0.15, 0.2) is 6.61 Å². The molecule has 0 fully saturated rings. The van der Waals surface area contributed by atoms with E-state index in [1.807, 2.05) is 0 Å². The number of anilines is 1. The highest BCUT2D eigenvalue weighted by Gasteiger charge is 2.05. The Morgan fingerprint density at radius 2 is 1.95 bits per heavy atom. The van der Waals surface area contributed by atoms with Gasteiger partial charge in [0.05, 0.1) is 0 Å². The van der Waals surface area contributed by atoms with Crippen LogP contribution in [0.25, 0.3) is 0 Å². The summed E-state index contributed by atoms with van der Waals surface area (Å²) in [6.45, 7) is 1.45. The fourth-order valence-electron chi connectivity index (χ4n) is 1.66. The molecule has 108 valence electrons. The molecule has 2 rings (SSSR count). The fraction of sp³-hybridized carbons (Fsp3) is 0.125. The largest absolute Gasteiger partial charge is 0.484 e. The lowest BCUT2D eigenvalue weighted by Gasteiger charge is -2.08. The lowest BCUT2D eigenvalue weighted by molar-refractivity contribution is -0.118. The Morgan fingerprint density at radius 3 is 2.57 bits per heavy atom. The molecule has 21 heavy (non-hydrogen) atoms. The van der Waals surface area contributed by atoms with Crippen LogP contribution in [0.1, 0.15) is 15.9 Å². The van der Waals surface area contributed by atoms with E-state index in [1.165, 1.54) is 6.07 Å². The van der Waals surface area contributed by atoms with E-state index in [9.17, 15) is 14.0 Å². The van der Waals surface area contributed by atoms with Gasteiger partial charge in [-0.15, -0.1) is 0 Å². The molecular weight excluding hydrogens is 273 g/mol. The maximum absolute atomic E-state index is 13.3. The minimum atomic E-state index is -0.391. The lowest BCUT2D eigenvalue weighted by atomic mass is 10.2. The summed E-state index contributed by atoms with van der Waals surface area (Å²) < 4.78 is 18.6. The first kappa shape index (κ1) is 14.7. The number of aldehydes is 1. The molecule has 0 aliphatic heterocycles. The summed E-state index contributed by atoms with van der Waals surface area (Å²) in [7, 11) is 0. The van der Waals surface area contributed by atoms with Crippen molar-refractivity contribution in [1.29, 1.82) is 0 Å². The summed E-state index contributed by atoms with van der Waals surface area (Å²) in [5.74, 6) is -0.290. The van der Waals surface area contributed by atoms with Crippen LogP contribution in [-0.2, 0) is 4.79 Å². The molecule has 0 unspecified atom stereocenters. The second-order valence-electron chi connectivity index (χ2n) is 4.49. The number of benzene rings is 2. The molecule has 2 aromatic carbocycles. The standard InChI is InChI=1S/C16H14FNO3/c1-11-2-5-13(8-15(11)17)18-16(20)10-21-14-6-3-12(9-19)4-7-14/h2-9H,10H2,1H3,(H,18,20). The summed E-state index contributed by atoms with van der Waals surface area (Å²) in [4.78, 5) is 22.2. The minimum Gasteiger partial charge on any atom is -0.484 e. The quantitative estimate of drug-likeness (QED) is 0.860. The van der Waals surface area contributed by atoms with E-state index in [0.717, 1.165) is 6.29 Å². The van der Waals surface area contributed by atoms with Crippen LogP contribution in [0.15, 0.2) is 42.5 Å². The van der Waals surface area contributed by atoms with Gasteiger partial charge in [-0.05, 0) is 48.9 Å². The zero-order valence-electron chi connectivity index (χ0n) is 11.4. The highest BCUT2D eigenvalue weighted by Crippen LogP contribution is 2.14. The van der Waals surface area contributed by atoms with Crippen molar-refractivity contribution in [3.05, 3.63) is 59.4 Å². The van der Waals surface area contributed by atoms with E-state index in [2.05, 4.69) is 5.32 Å². The summed E-state index contributed by atoms with van der Waals surface area (Å²) in [5, 5.41) is 2.54. The van der Waals surface area contributed by atoms with Crippen LogP contribution >= 0.6 is 0 Å². The third-order valence-corrected chi connectivity index (χ3v) is 2.84. The van der Waals surface area contributed by atoms with Crippen LogP contribution in [0.3, 0.4) is 0 Å². The third kappa shape index (κ3) is 4.14. The molecule has 0 saturated carbocycles. The molecule has 0 saturated heterocycles. The predicted molar refractivity (Wildman–Crippen MR) is 77.1 cm³/mol. The number of amides is 1. The van der Waals surface area contributed by atoms with Gasteiger partial charge in [0.1, 0.15) is 17.9 Å². The zero-order chi connectivity index (χ0) is 15.2. The summed E-state index contributed by atoms with van der Waals surface area (Å²) in [5.41, 5.74) is 1.42. The molecule has 5 heteroatoms. The number of rotatable bonds is 5. The van der Waals surface area contributed by atoms with E-state index >= 15 is 0 Å². The van der Waals surface area contributed by atoms with Gasteiger partial charge in [0, 0.05) is 11.3 Å². The summed E-state index contributed by atoms with van der Waals surface area (Å²) >= 11 is 0. The molecule has 0 heterocycles. The first-order valence-corrected chi connectivity index (χ1v) is 6.32. The molecular formula is C16H14FNO3. The first-order chi connectivity index (χ1) is 10.1. The number of halogens is 1. The Hall–Kier alpha value is -2.69. The molecule has 0 spiro atoms. The number of ether oxygens (including phenoxy) is 1. The minimum absolute atomic E-state index is 0.198.